The van der Waals surface area contributed by atoms with Crippen molar-refractivity contribution in [1.29, 1.82) is 0 Å². The van der Waals surface area contributed by atoms with Crippen LogP contribution in [0.15, 0.2) is 59.4 Å². The minimum absolute atomic E-state index is 0.000977. The van der Waals surface area contributed by atoms with Crippen molar-refractivity contribution in [3.05, 3.63) is 121 Å². The van der Waals surface area contributed by atoms with Crippen molar-refractivity contribution in [3.63, 3.8) is 0 Å². The van der Waals surface area contributed by atoms with Crippen LogP contribution in [0.5, 0.6) is 0 Å². The number of rotatable bonds is 10. The minimum Gasteiger partial charge on any atom is -0.344 e. The van der Waals surface area contributed by atoms with Gasteiger partial charge in [-0.3, -0.25) is 28.2 Å². The van der Waals surface area contributed by atoms with Gasteiger partial charge in [-0.15, -0.1) is 0 Å². The second-order valence-electron chi connectivity index (χ2n) is 15.9. The molecule has 4 aromatic heterocycles. The Morgan fingerprint density at radius 1 is 0.984 bits per heavy atom. The zero-order valence-electron chi connectivity index (χ0n) is 33.7. The first kappa shape index (κ1) is 42.9. The van der Waals surface area contributed by atoms with Crippen LogP contribution in [-0.2, 0) is 46.9 Å². The van der Waals surface area contributed by atoms with Crippen LogP contribution in [0.25, 0.3) is 38.9 Å². The van der Waals surface area contributed by atoms with Crippen molar-refractivity contribution in [3.8, 4) is 17.1 Å². The molecule has 3 atom stereocenters. The number of alkyl halides is 5. The third-order valence-electron chi connectivity index (χ3n) is 11.1. The largest absolute Gasteiger partial charge is 0.435 e. The molecule has 0 unspecified atom stereocenters. The number of hydrogen-bond donors (Lipinski definition) is 2. The van der Waals surface area contributed by atoms with Crippen LogP contribution < -0.4 is 15.6 Å². The number of sulfonamides is 1. The Balaban J connectivity index is 1.27. The number of carbonyl (C=O) groups excluding carboxylic acids is 1. The quantitative estimate of drug-likeness (QED) is 0.135. The lowest BCUT2D eigenvalue weighted by Crippen LogP contribution is -2.38. The highest BCUT2D eigenvalue weighted by Crippen LogP contribution is 2.68. The summed E-state index contributed by atoms with van der Waals surface area (Å²) >= 11 is 6.62. The van der Waals surface area contributed by atoms with E-state index in [-0.39, 0.29) is 62.0 Å². The smallest absolute Gasteiger partial charge is 0.344 e. The summed E-state index contributed by atoms with van der Waals surface area (Å²) in [4.78, 5) is 43.0. The topological polar surface area (TPSA) is 172 Å². The van der Waals surface area contributed by atoms with Gasteiger partial charge in [0.1, 0.15) is 29.7 Å². The summed E-state index contributed by atoms with van der Waals surface area (Å²) < 4.78 is 133. The fourth-order valence-electron chi connectivity index (χ4n) is 8.59. The second-order valence-corrected chi connectivity index (χ2v) is 18.0. The van der Waals surface area contributed by atoms with Gasteiger partial charge in [-0.1, -0.05) is 17.7 Å². The fraction of sp³-hybridized carbons (Fsp3) is 0.293. The molecule has 64 heavy (non-hydrogen) atoms. The van der Waals surface area contributed by atoms with Gasteiger partial charge in [-0.25, -0.2) is 32.2 Å². The Morgan fingerprint density at radius 3 is 2.33 bits per heavy atom. The van der Waals surface area contributed by atoms with Crippen LogP contribution >= 0.6 is 11.6 Å². The standard InChI is InChI=1S/C41H32ClF7N10O4S/c1-17-9-18(2)51-36(50-17)20-5-6-23-27(13-20)53-38(59(39(23)61)29-8-7-26(42)32-33(29)57(3)55-37(32)56-64(4,62)63)28(12-19-10-21(43)14-22(44)11-19)52-30(60)16-58-35-31(34(54-58)41(47,48)49)24-15-25(24)40(35,45)46/h5-11,13-14,24-25,28H,12,15-16H2,1-4H3,(H,52,60)(H,55,56)/t24-,25+,28-/m0/s1. The number of fused-ring (bicyclic) bond motifs is 5. The first-order valence-electron chi connectivity index (χ1n) is 19.3. The van der Waals surface area contributed by atoms with Gasteiger partial charge in [0.2, 0.25) is 15.9 Å². The lowest BCUT2D eigenvalue weighted by Gasteiger charge is -2.24. The number of anilines is 1. The fourth-order valence-corrected chi connectivity index (χ4v) is 9.33. The predicted molar refractivity (Wildman–Crippen MR) is 219 cm³/mol. The second kappa shape index (κ2) is 14.8. The van der Waals surface area contributed by atoms with Crippen molar-refractivity contribution in [2.45, 2.75) is 57.3 Å². The third kappa shape index (κ3) is 7.50. The van der Waals surface area contributed by atoms with Crippen molar-refractivity contribution < 1.29 is 43.9 Å². The number of nitrogens with zero attached hydrogens (tertiary/aromatic N) is 8. The summed E-state index contributed by atoms with van der Waals surface area (Å²) in [7, 11) is -2.51. The number of aryl methyl sites for hydroxylation is 3. The molecule has 332 valence electrons. The maximum Gasteiger partial charge on any atom is 0.435 e. The molecular formula is C41H32ClF7N10O4S. The van der Waals surface area contributed by atoms with Gasteiger partial charge in [-0.2, -0.15) is 32.1 Å². The lowest BCUT2D eigenvalue weighted by atomic mass is 10.0. The molecule has 2 aliphatic rings. The van der Waals surface area contributed by atoms with Crippen LogP contribution in [0.2, 0.25) is 5.02 Å². The Morgan fingerprint density at radius 2 is 1.67 bits per heavy atom. The SMILES string of the molecule is Cc1cc(C)nc(-c2ccc3c(=O)n(-c4ccc(Cl)c5c(NS(C)(=O)=O)nn(C)c45)c([C@H](Cc4cc(F)cc(F)c4)NC(=O)Cn4nc(C(F)(F)F)c5c4C(F)(F)[C@@H]4C[C@H]54)nc3c2)n1. The van der Waals surface area contributed by atoms with Crippen LogP contribution in [0.3, 0.4) is 0 Å². The Labute approximate surface area is 362 Å². The van der Waals surface area contributed by atoms with E-state index in [1.165, 1.54) is 36.0 Å². The van der Waals surface area contributed by atoms with Crippen molar-refractivity contribution in [2.24, 2.45) is 13.0 Å². The average Bonchev–Trinajstić information content (AvgIpc) is 3.71. The highest BCUT2D eigenvalue weighted by atomic mass is 35.5. The maximum absolute atomic E-state index is 15.5. The molecule has 4 heterocycles. The highest BCUT2D eigenvalue weighted by Gasteiger charge is 2.68. The molecule has 0 aliphatic heterocycles. The summed E-state index contributed by atoms with van der Waals surface area (Å²) in [6.45, 7) is 2.34. The molecule has 3 aromatic carbocycles. The van der Waals surface area contributed by atoms with Gasteiger partial charge in [0.25, 0.3) is 11.5 Å². The zero-order chi connectivity index (χ0) is 45.9. The molecule has 0 bridgehead atoms. The minimum atomic E-state index is -5.12. The molecular weight excluding hydrogens is 897 g/mol. The number of carbonyl (C=O) groups is 1. The molecule has 2 N–H and O–H groups in total. The monoisotopic (exact) mass is 928 g/mol. The summed E-state index contributed by atoms with van der Waals surface area (Å²) in [6.07, 6.45) is -4.96. The number of halogens is 8. The molecule has 23 heteroatoms. The van der Waals surface area contributed by atoms with E-state index in [9.17, 15) is 35.2 Å². The van der Waals surface area contributed by atoms with Crippen LogP contribution in [0.4, 0.5) is 36.6 Å². The van der Waals surface area contributed by atoms with Gasteiger partial charge in [0, 0.05) is 48.0 Å². The third-order valence-corrected chi connectivity index (χ3v) is 12.0. The van der Waals surface area contributed by atoms with E-state index in [2.05, 4.69) is 30.2 Å². The summed E-state index contributed by atoms with van der Waals surface area (Å²) in [5.74, 6) is -9.72. The molecule has 0 radical (unpaired) electrons. The molecule has 1 saturated carbocycles. The predicted octanol–water partition coefficient (Wildman–Crippen LogP) is 7.17. The van der Waals surface area contributed by atoms with E-state index in [0.717, 1.165) is 23.0 Å². The highest BCUT2D eigenvalue weighted by molar-refractivity contribution is 7.92. The molecule has 7 aromatic rings. The van der Waals surface area contributed by atoms with Crippen LogP contribution in [0, 0.1) is 31.4 Å². The molecule has 9 rings (SSSR count). The van der Waals surface area contributed by atoms with Gasteiger partial charge in [-0.05, 0) is 74.2 Å². The molecule has 2 aliphatic carbocycles. The first-order chi connectivity index (χ1) is 30.0. The number of amides is 1. The molecule has 0 saturated heterocycles. The van der Waals surface area contributed by atoms with E-state index in [4.69, 9.17) is 16.6 Å². The van der Waals surface area contributed by atoms with Crippen LogP contribution in [0.1, 0.15) is 58.1 Å². The molecule has 1 amide bonds. The first-order valence-corrected chi connectivity index (χ1v) is 21.6. The molecule has 0 spiro atoms. The van der Waals surface area contributed by atoms with E-state index in [0.29, 0.717) is 27.7 Å². The van der Waals surface area contributed by atoms with Crippen LogP contribution in [-0.4, -0.2) is 59.7 Å². The van der Waals surface area contributed by atoms with Gasteiger partial charge in [0.05, 0.1) is 44.8 Å². The zero-order valence-corrected chi connectivity index (χ0v) is 35.3. The molecule has 14 nitrogen and oxygen atoms in total. The Bertz CT molecular complexity index is 3280. The van der Waals surface area contributed by atoms with E-state index >= 15 is 13.6 Å². The number of hydrogen-bond acceptors (Lipinski definition) is 9. The number of benzene rings is 3. The van der Waals surface area contributed by atoms with Crippen molar-refractivity contribution in [2.75, 3.05) is 11.0 Å². The Hall–Kier alpha value is -6.42. The maximum atomic E-state index is 15.5. The van der Waals surface area contributed by atoms with Crippen molar-refractivity contribution >= 4 is 55.2 Å². The van der Waals surface area contributed by atoms with E-state index in [1.807, 2.05) is 0 Å². The van der Waals surface area contributed by atoms with Crippen molar-refractivity contribution in [1.82, 2.24) is 44.4 Å². The summed E-state index contributed by atoms with van der Waals surface area (Å²) in [6, 6.07) is 9.84. The van der Waals surface area contributed by atoms with Gasteiger partial charge >= 0.3 is 6.18 Å². The average molecular weight is 929 g/mol. The van der Waals surface area contributed by atoms with Gasteiger partial charge in [0.15, 0.2) is 17.3 Å². The van der Waals surface area contributed by atoms with Gasteiger partial charge < -0.3 is 5.32 Å². The molecule has 1 fully saturated rings. The van der Waals surface area contributed by atoms with E-state index in [1.54, 1.807) is 26.0 Å². The Kier molecular flexibility index (Phi) is 9.93. The van der Waals surface area contributed by atoms with E-state index < -0.39 is 93.0 Å². The summed E-state index contributed by atoms with van der Waals surface area (Å²) in [5, 5.41) is 10.3. The number of nitrogens with one attached hydrogen (secondary N) is 2. The number of aromatic nitrogens is 8. The normalized spacial score (nSPS) is 17.1. The lowest BCUT2D eigenvalue weighted by molar-refractivity contribution is -0.142. The summed E-state index contributed by atoms with van der Waals surface area (Å²) in [5.41, 5.74) is -2.42.